The minimum atomic E-state index is -0.813. The minimum absolute atomic E-state index is 0.0612. The minimum Gasteiger partial charge on any atom is -0.361 e. The molecule has 2 fully saturated rings. The zero-order chi connectivity index (χ0) is 25.5. The number of aromatic nitrogens is 1. The zero-order valence-corrected chi connectivity index (χ0v) is 21.1. The number of likely N-dealkylation sites (tertiary alicyclic amines) is 1. The second-order valence-corrected chi connectivity index (χ2v) is 11.0. The highest BCUT2D eigenvalue weighted by atomic mass is 19.2. The largest absolute Gasteiger partial charge is 0.361 e. The summed E-state index contributed by atoms with van der Waals surface area (Å²) in [6.07, 6.45) is 9.08. The molecule has 1 saturated carbocycles. The van der Waals surface area contributed by atoms with E-state index < -0.39 is 11.6 Å². The van der Waals surface area contributed by atoms with Crippen LogP contribution in [0.15, 0.2) is 36.5 Å². The van der Waals surface area contributed by atoms with Gasteiger partial charge in [-0.05, 0) is 98.5 Å². The van der Waals surface area contributed by atoms with Crippen LogP contribution in [0.2, 0.25) is 0 Å². The molecule has 3 heterocycles. The van der Waals surface area contributed by atoms with Crippen LogP contribution in [0.1, 0.15) is 73.6 Å². The van der Waals surface area contributed by atoms with Crippen LogP contribution in [0, 0.1) is 23.4 Å². The molecule has 1 N–H and O–H groups in total. The summed E-state index contributed by atoms with van der Waals surface area (Å²) < 4.78 is 42.5. The molecule has 3 aromatic rings. The number of halogens is 3. The number of amides is 1. The highest BCUT2D eigenvalue weighted by Gasteiger charge is 2.37. The lowest BCUT2D eigenvalue weighted by Crippen LogP contribution is -2.44. The number of carbonyl (C=O) groups excluding carboxylic acids is 1. The van der Waals surface area contributed by atoms with Gasteiger partial charge in [0, 0.05) is 36.1 Å². The Morgan fingerprint density at radius 2 is 1.73 bits per heavy atom. The second kappa shape index (κ2) is 10.2. The Kier molecular flexibility index (Phi) is 6.74. The van der Waals surface area contributed by atoms with Gasteiger partial charge in [0.05, 0.1) is 6.04 Å². The number of hydrogen-bond acceptors (Lipinski definition) is 2. The molecule has 7 heteroatoms. The summed E-state index contributed by atoms with van der Waals surface area (Å²) in [7, 11) is 0. The molecular weight excluding hydrogens is 475 g/mol. The number of aromatic amines is 1. The van der Waals surface area contributed by atoms with E-state index in [0.717, 1.165) is 74.6 Å². The summed E-state index contributed by atoms with van der Waals surface area (Å²) in [5, 5.41) is 0.965. The average Bonchev–Trinajstić information content (AvgIpc) is 3.60. The molecule has 2 aromatic carbocycles. The van der Waals surface area contributed by atoms with Gasteiger partial charge >= 0.3 is 0 Å². The molecule has 1 atom stereocenters. The monoisotopic (exact) mass is 509 g/mol. The third-order valence-corrected chi connectivity index (χ3v) is 8.98. The molecule has 0 radical (unpaired) electrons. The van der Waals surface area contributed by atoms with E-state index in [4.69, 9.17) is 0 Å². The molecule has 0 bridgehead atoms. The van der Waals surface area contributed by atoms with E-state index in [1.165, 1.54) is 17.7 Å². The molecule has 196 valence electrons. The van der Waals surface area contributed by atoms with Gasteiger partial charge in [0.15, 0.2) is 11.6 Å². The molecule has 1 aliphatic carbocycles. The summed E-state index contributed by atoms with van der Waals surface area (Å²) in [5.74, 6) is -1.17. The molecule has 0 spiro atoms. The summed E-state index contributed by atoms with van der Waals surface area (Å²) >= 11 is 0. The van der Waals surface area contributed by atoms with Gasteiger partial charge in [-0.3, -0.25) is 4.79 Å². The van der Waals surface area contributed by atoms with Crippen LogP contribution in [0.4, 0.5) is 13.2 Å². The van der Waals surface area contributed by atoms with Crippen molar-refractivity contribution >= 4 is 16.8 Å². The number of hydrogen-bond donors (Lipinski definition) is 1. The van der Waals surface area contributed by atoms with E-state index in [9.17, 15) is 18.0 Å². The molecule has 3 aliphatic rings. The number of piperidine rings is 1. The summed E-state index contributed by atoms with van der Waals surface area (Å²) in [6.45, 7) is 3.08. The van der Waals surface area contributed by atoms with E-state index in [1.54, 1.807) is 18.2 Å². The van der Waals surface area contributed by atoms with E-state index in [-0.39, 0.29) is 23.7 Å². The van der Waals surface area contributed by atoms with Crippen molar-refractivity contribution in [2.24, 2.45) is 5.92 Å². The van der Waals surface area contributed by atoms with Gasteiger partial charge in [-0.1, -0.05) is 18.9 Å². The summed E-state index contributed by atoms with van der Waals surface area (Å²) in [5.41, 5.74) is 3.35. The molecule has 1 unspecified atom stereocenters. The van der Waals surface area contributed by atoms with Gasteiger partial charge in [0.1, 0.15) is 5.82 Å². The van der Waals surface area contributed by atoms with E-state index >= 15 is 0 Å². The Morgan fingerprint density at radius 1 is 0.946 bits per heavy atom. The quantitative estimate of drug-likeness (QED) is 0.428. The van der Waals surface area contributed by atoms with Gasteiger partial charge in [0.25, 0.3) is 0 Å². The maximum Gasteiger partial charge on any atom is 0.226 e. The van der Waals surface area contributed by atoms with Crippen LogP contribution in [0.3, 0.4) is 0 Å². The van der Waals surface area contributed by atoms with E-state index in [0.29, 0.717) is 30.9 Å². The molecule has 37 heavy (non-hydrogen) atoms. The Bertz CT molecular complexity index is 1290. The third kappa shape index (κ3) is 4.67. The Labute approximate surface area is 215 Å². The molecule has 2 aliphatic heterocycles. The number of nitrogens with one attached hydrogen (secondary N) is 1. The first kappa shape index (κ1) is 24.5. The lowest BCUT2D eigenvalue weighted by atomic mass is 9.87. The first-order valence-electron chi connectivity index (χ1n) is 13.8. The Morgan fingerprint density at radius 3 is 2.51 bits per heavy atom. The SMILES string of the molecule is O=C(C1CCCC1)N1CCc2c(ccc(F)c2F)C1CCN1CCC(c2c[nH]c3ccc(F)cc23)CC1. The molecular formula is C30H34F3N3O. The smallest absolute Gasteiger partial charge is 0.226 e. The van der Waals surface area contributed by atoms with Crippen molar-refractivity contribution in [2.45, 2.75) is 63.3 Å². The van der Waals surface area contributed by atoms with Gasteiger partial charge in [-0.15, -0.1) is 0 Å². The van der Waals surface area contributed by atoms with E-state index in [1.807, 2.05) is 11.1 Å². The number of rotatable bonds is 5. The van der Waals surface area contributed by atoms with Crippen LogP contribution in [0.25, 0.3) is 10.9 Å². The summed E-state index contributed by atoms with van der Waals surface area (Å²) in [4.78, 5) is 21.1. The number of H-pyrrole nitrogens is 1. The fourth-order valence-corrected chi connectivity index (χ4v) is 6.94. The number of fused-ring (bicyclic) bond motifs is 2. The Hall–Kier alpha value is -2.80. The maximum atomic E-state index is 14.7. The van der Waals surface area contributed by atoms with Crippen molar-refractivity contribution in [2.75, 3.05) is 26.2 Å². The standard InChI is InChI=1S/C30H34F3N3O/c31-21-5-8-27-24(17-21)25(18-34-27)19-9-13-35(14-10-19)15-12-28-22-6-7-26(32)29(33)23(22)11-16-36(28)30(37)20-3-1-2-4-20/h5-8,17-20,28,34H,1-4,9-16H2. The molecule has 1 aromatic heterocycles. The van der Waals surface area contributed by atoms with Crippen molar-refractivity contribution < 1.29 is 18.0 Å². The third-order valence-electron chi connectivity index (χ3n) is 8.98. The number of nitrogens with zero attached hydrogens (tertiary/aromatic N) is 2. The van der Waals surface area contributed by atoms with Gasteiger partial charge in [-0.2, -0.15) is 0 Å². The normalized spacial score (nSPS) is 21.6. The van der Waals surface area contributed by atoms with Crippen molar-refractivity contribution in [1.82, 2.24) is 14.8 Å². The van der Waals surface area contributed by atoms with Gasteiger partial charge in [0.2, 0.25) is 5.91 Å². The molecule has 1 amide bonds. The highest BCUT2D eigenvalue weighted by molar-refractivity contribution is 5.83. The topological polar surface area (TPSA) is 39.3 Å². The van der Waals surface area contributed by atoms with E-state index in [2.05, 4.69) is 9.88 Å². The van der Waals surface area contributed by atoms with Crippen molar-refractivity contribution in [3.8, 4) is 0 Å². The predicted molar refractivity (Wildman–Crippen MR) is 138 cm³/mol. The van der Waals surface area contributed by atoms with Crippen LogP contribution >= 0.6 is 0 Å². The second-order valence-electron chi connectivity index (χ2n) is 11.0. The van der Waals surface area contributed by atoms with Crippen molar-refractivity contribution in [3.05, 3.63) is 70.7 Å². The predicted octanol–water partition coefficient (Wildman–Crippen LogP) is 6.47. The lowest BCUT2D eigenvalue weighted by molar-refractivity contribution is -0.138. The lowest BCUT2D eigenvalue weighted by Gasteiger charge is -2.40. The van der Waals surface area contributed by atoms with Gasteiger partial charge < -0.3 is 14.8 Å². The van der Waals surface area contributed by atoms with Crippen LogP contribution in [-0.2, 0) is 11.2 Å². The average molecular weight is 510 g/mol. The fourth-order valence-electron chi connectivity index (χ4n) is 6.94. The molecule has 4 nitrogen and oxygen atoms in total. The van der Waals surface area contributed by atoms with Crippen molar-refractivity contribution in [3.63, 3.8) is 0 Å². The first-order chi connectivity index (χ1) is 18.0. The number of carbonyl (C=O) groups is 1. The fraction of sp³-hybridized carbons (Fsp3) is 0.500. The Balaban J connectivity index is 1.15. The number of benzene rings is 2. The van der Waals surface area contributed by atoms with Crippen molar-refractivity contribution in [1.29, 1.82) is 0 Å². The van der Waals surface area contributed by atoms with Crippen LogP contribution in [-0.4, -0.2) is 46.9 Å². The molecule has 1 saturated heterocycles. The van der Waals surface area contributed by atoms with Crippen LogP contribution < -0.4 is 0 Å². The maximum absolute atomic E-state index is 14.7. The molecule has 6 rings (SSSR count). The summed E-state index contributed by atoms with van der Waals surface area (Å²) in [6, 6.07) is 7.57. The highest BCUT2D eigenvalue weighted by Crippen LogP contribution is 2.39. The van der Waals surface area contributed by atoms with Gasteiger partial charge in [-0.25, -0.2) is 13.2 Å². The zero-order valence-electron chi connectivity index (χ0n) is 21.1. The first-order valence-corrected chi connectivity index (χ1v) is 13.8. The van der Waals surface area contributed by atoms with Crippen LogP contribution in [0.5, 0.6) is 0 Å².